The van der Waals surface area contributed by atoms with Gasteiger partial charge in [-0.25, -0.2) is 4.57 Å². The zero-order chi connectivity index (χ0) is 25.6. The van der Waals surface area contributed by atoms with E-state index in [1.165, 1.54) is 0 Å². The SMILES string of the molecule is O=P(Cl)(Oc1cc(C(Br)(Br)Br)ccc1C(Br)(Br)Br)Oc1cc(C(Br)(Br)Br)ccc1C(Br)(Br)Br. The van der Waals surface area contributed by atoms with Crippen molar-refractivity contribution in [3.8, 4) is 11.5 Å². The van der Waals surface area contributed by atoms with Gasteiger partial charge in [0.2, 0.25) is 0 Å². The van der Waals surface area contributed by atoms with Gasteiger partial charge in [-0.2, -0.15) is 0 Å². The Bertz CT molecular complexity index is 991. The second-order valence-electron chi connectivity index (χ2n) is 6.03. The predicted octanol–water partition coefficient (Wildman–Crippen LogP) is 13.7. The molecular weight excluding hydrogens is 1270 g/mol. The van der Waals surface area contributed by atoms with Crippen molar-refractivity contribution in [2.24, 2.45) is 0 Å². The normalized spacial score (nSPS) is 13.7. The lowest BCUT2D eigenvalue weighted by Crippen LogP contribution is -2.09. The van der Waals surface area contributed by atoms with E-state index < -0.39 is 15.5 Å². The molecule has 0 bridgehead atoms. The lowest BCUT2D eigenvalue weighted by Gasteiger charge is -2.25. The summed E-state index contributed by atoms with van der Waals surface area (Å²) in [6.45, 7) is -4.22. The average molecular weight is 1270 g/mol. The minimum atomic E-state index is -4.22. The molecule has 0 radical (unpaired) electrons. The smallest absolute Gasteiger partial charge is 0.404 e. The first-order valence-corrected chi connectivity index (χ1v) is 19.8. The summed E-state index contributed by atoms with van der Waals surface area (Å²) >= 11 is 47.9. The van der Waals surface area contributed by atoms with Gasteiger partial charge in [-0.15, -0.1) is 0 Å². The molecule has 2 aromatic carbocycles. The zero-order valence-electron chi connectivity index (χ0n) is 15.0. The van der Waals surface area contributed by atoms with Crippen molar-refractivity contribution < 1.29 is 13.6 Å². The molecule has 0 saturated heterocycles. The number of alkyl halides is 12. The van der Waals surface area contributed by atoms with Gasteiger partial charge in [-0.3, -0.25) is 0 Å². The summed E-state index contributed by atoms with van der Waals surface area (Å²) in [6.07, 6.45) is 0. The number of hydrogen-bond acceptors (Lipinski definition) is 3. The van der Waals surface area contributed by atoms with Gasteiger partial charge in [-0.1, -0.05) is 215 Å². The molecule has 0 unspecified atom stereocenters. The topological polar surface area (TPSA) is 35.5 Å². The third-order valence-corrected chi connectivity index (χ3v) is 10.2. The van der Waals surface area contributed by atoms with E-state index in [1.54, 1.807) is 24.3 Å². The summed E-state index contributed by atoms with van der Waals surface area (Å²) in [4.78, 5) is 0. The maximum absolute atomic E-state index is 13.4. The molecule has 0 aliphatic heterocycles. The van der Waals surface area contributed by atoms with E-state index in [2.05, 4.69) is 191 Å². The highest BCUT2D eigenvalue weighted by molar-refractivity contribution is 9.39. The summed E-state index contributed by atoms with van der Waals surface area (Å²) in [6, 6.07) is 10.5. The Morgan fingerprint density at radius 1 is 0.576 bits per heavy atom. The van der Waals surface area contributed by atoms with Gasteiger partial charge < -0.3 is 9.05 Å². The molecular formula is C16H6Br12ClO3P. The van der Waals surface area contributed by atoms with Crippen LogP contribution in [0, 0.1) is 0 Å². The van der Waals surface area contributed by atoms with Crippen LogP contribution in [0.5, 0.6) is 11.5 Å². The molecule has 0 spiro atoms. The molecule has 2 aromatic rings. The largest absolute Gasteiger partial charge is 0.530 e. The highest BCUT2D eigenvalue weighted by atomic mass is 80.0. The Balaban J connectivity index is 2.56. The van der Waals surface area contributed by atoms with Crippen LogP contribution in [0.3, 0.4) is 0 Å². The van der Waals surface area contributed by atoms with Crippen LogP contribution in [0.25, 0.3) is 0 Å². The Morgan fingerprint density at radius 3 is 1.12 bits per heavy atom. The molecule has 0 saturated carbocycles. The second kappa shape index (κ2) is 12.5. The highest BCUT2D eigenvalue weighted by Gasteiger charge is 2.36. The molecule has 184 valence electrons. The molecule has 0 heterocycles. The van der Waals surface area contributed by atoms with E-state index >= 15 is 0 Å². The maximum atomic E-state index is 13.4. The first-order chi connectivity index (χ1) is 14.6. The first-order valence-electron chi connectivity index (χ1n) is 7.87. The van der Waals surface area contributed by atoms with Gasteiger partial charge in [0.05, 0.1) is 0 Å². The second-order valence-corrected chi connectivity index (χ2v) is 35.5. The van der Waals surface area contributed by atoms with E-state index in [0.29, 0.717) is 11.1 Å². The summed E-state index contributed by atoms with van der Waals surface area (Å²) in [5.41, 5.74) is 2.58. The van der Waals surface area contributed by atoms with Crippen molar-refractivity contribution in [2.75, 3.05) is 0 Å². The Morgan fingerprint density at radius 2 is 0.879 bits per heavy atom. The minimum absolute atomic E-state index is 0.204. The first kappa shape index (κ1) is 33.5. The Hall–Kier alpha value is 4.32. The molecule has 33 heavy (non-hydrogen) atoms. The van der Waals surface area contributed by atoms with Gasteiger partial charge >= 0.3 is 6.95 Å². The van der Waals surface area contributed by atoms with Gasteiger partial charge in [0.25, 0.3) is 0 Å². The number of rotatable bonds is 4. The molecule has 0 N–H and O–H groups in total. The molecule has 0 fully saturated rings. The van der Waals surface area contributed by atoms with Gasteiger partial charge in [0.15, 0.2) is 8.57 Å². The fourth-order valence-electron chi connectivity index (χ4n) is 2.27. The Kier molecular flexibility index (Phi) is 12.7. The van der Waals surface area contributed by atoms with Crippen molar-refractivity contribution in [1.82, 2.24) is 0 Å². The van der Waals surface area contributed by atoms with Crippen LogP contribution in [0.2, 0.25) is 0 Å². The highest BCUT2D eigenvalue weighted by Crippen LogP contribution is 2.60. The maximum Gasteiger partial charge on any atom is 0.530 e. The van der Waals surface area contributed by atoms with Crippen molar-refractivity contribution in [3.05, 3.63) is 58.7 Å². The van der Waals surface area contributed by atoms with Crippen LogP contribution in [0.4, 0.5) is 0 Å². The molecule has 0 aromatic heterocycles. The van der Waals surface area contributed by atoms with Gasteiger partial charge in [-0.05, 0) is 23.3 Å². The van der Waals surface area contributed by atoms with Crippen molar-refractivity contribution in [1.29, 1.82) is 0 Å². The summed E-state index contributed by atoms with van der Waals surface area (Å²) in [5.74, 6) is 0.408. The van der Waals surface area contributed by atoms with Crippen LogP contribution >= 0.6 is 209 Å². The van der Waals surface area contributed by atoms with E-state index in [-0.39, 0.29) is 11.5 Å². The fourth-order valence-corrected chi connectivity index (χ4v) is 6.97. The minimum Gasteiger partial charge on any atom is -0.404 e. The fraction of sp³-hybridized carbons (Fsp3) is 0.250. The van der Waals surface area contributed by atoms with E-state index in [9.17, 15) is 4.57 Å². The monoisotopic (exact) mass is 1260 g/mol. The number of halogens is 13. The number of hydrogen-bond donors (Lipinski definition) is 0. The molecule has 0 atom stereocenters. The molecule has 0 amide bonds. The summed E-state index contributed by atoms with van der Waals surface area (Å²) < 4.78 is 21.7. The third kappa shape index (κ3) is 10.3. The van der Waals surface area contributed by atoms with Crippen LogP contribution in [0.1, 0.15) is 22.3 Å². The average Bonchev–Trinajstić information content (AvgIpc) is 2.57. The zero-order valence-corrected chi connectivity index (χ0v) is 35.7. The van der Waals surface area contributed by atoms with Crippen LogP contribution in [-0.2, 0) is 13.1 Å². The molecule has 3 nitrogen and oxygen atoms in total. The van der Waals surface area contributed by atoms with E-state index in [4.69, 9.17) is 20.3 Å². The molecule has 17 heteroatoms. The van der Waals surface area contributed by atoms with E-state index in [0.717, 1.165) is 11.1 Å². The van der Waals surface area contributed by atoms with Crippen LogP contribution in [0.15, 0.2) is 36.4 Å². The lowest BCUT2D eigenvalue weighted by atomic mass is 10.1. The van der Waals surface area contributed by atoms with Crippen LogP contribution in [-0.4, -0.2) is 0 Å². The van der Waals surface area contributed by atoms with Crippen molar-refractivity contribution in [2.45, 2.75) is 8.57 Å². The summed E-state index contributed by atoms with van der Waals surface area (Å²) in [7, 11) is 0. The standard InChI is InChI=1S/C16H6Br12ClO3P/c17-13(18,19)7-1-3-9(15(23,24)25)11(5-7)31-33(29,30)32-12-6-8(14(20,21)22)2-4-10(12)16(26,27)28/h1-6H. The quantitative estimate of drug-likeness (QED) is 0.226. The third-order valence-electron chi connectivity index (χ3n) is 3.64. The van der Waals surface area contributed by atoms with Gasteiger partial charge in [0, 0.05) is 22.4 Å². The van der Waals surface area contributed by atoms with Gasteiger partial charge in [0.1, 0.15) is 11.5 Å². The lowest BCUT2D eigenvalue weighted by molar-refractivity contribution is 0.403. The van der Waals surface area contributed by atoms with Crippen molar-refractivity contribution >= 4 is 209 Å². The Labute approximate surface area is 296 Å². The molecule has 0 aliphatic rings. The molecule has 0 aliphatic carbocycles. The van der Waals surface area contributed by atoms with Crippen LogP contribution < -0.4 is 9.05 Å². The van der Waals surface area contributed by atoms with E-state index in [1.807, 2.05) is 12.1 Å². The number of benzene rings is 2. The predicted molar refractivity (Wildman–Crippen MR) is 181 cm³/mol. The van der Waals surface area contributed by atoms with Crippen molar-refractivity contribution in [3.63, 3.8) is 0 Å². The summed E-state index contributed by atoms with van der Waals surface area (Å²) in [5, 5.41) is 0. The molecule has 2 rings (SSSR count).